The second-order valence-corrected chi connectivity index (χ2v) is 11.4. The Balaban J connectivity index is 1.62. The Kier molecular flexibility index (Phi) is 12.6. The van der Waals surface area contributed by atoms with Crippen molar-refractivity contribution in [1.82, 2.24) is 15.2 Å². The number of ether oxygens (including phenoxy) is 2. The maximum Gasteiger partial charge on any atom is 0.326 e. The number of unbranched alkanes of at least 4 members (excludes halogenated alkanes) is 1. The molecule has 2 heterocycles. The van der Waals surface area contributed by atoms with Crippen LogP contribution in [0.15, 0.2) is 24.3 Å². The number of carboxylic acid groups (broad SMARTS) is 1. The van der Waals surface area contributed by atoms with E-state index in [-0.39, 0.29) is 30.8 Å². The minimum atomic E-state index is -1.58. The SMILES string of the molecule is COc1cc(F)cc(F)c1C(C)(C)C(=O)N[C@@H](CCN(CCCCc1ccc2c(n1)NCCC2)C[C@@H](CF)OC)C(=O)O. The van der Waals surface area contributed by atoms with Crippen molar-refractivity contribution in [2.75, 3.05) is 52.4 Å². The number of aryl methyl sites for hydroxylation is 2. The number of aromatic nitrogens is 1. The van der Waals surface area contributed by atoms with Gasteiger partial charge in [-0.25, -0.2) is 22.9 Å². The van der Waals surface area contributed by atoms with Crippen LogP contribution in [0.3, 0.4) is 0 Å². The molecule has 2 aromatic rings. The molecule has 238 valence electrons. The lowest BCUT2D eigenvalue weighted by atomic mass is 9.82. The van der Waals surface area contributed by atoms with E-state index in [0.717, 1.165) is 56.2 Å². The molecule has 12 heteroatoms. The maximum absolute atomic E-state index is 14.8. The molecule has 1 aliphatic heterocycles. The van der Waals surface area contributed by atoms with Crippen LogP contribution in [0.25, 0.3) is 0 Å². The smallest absolute Gasteiger partial charge is 0.326 e. The van der Waals surface area contributed by atoms with E-state index in [4.69, 9.17) is 14.5 Å². The summed E-state index contributed by atoms with van der Waals surface area (Å²) in [5.41, 5.74) is 0.452. The van der Waals surface area contributed by atoms with Gasteiger partial charge in [0.15, 0.2) is 0 Å². The topological polar surface area (TPSA) is 113 Å². The lowest BCUT2D eigenvalue weighted by molar-refractivity contribution is -0.143. The number of carbonyl (C=O) groups is 2. The van der Waals surface area contributed by atoms with E-state index in [2.05, 4.69) is 16.7 Å². The number of hydrogen-bond acceptors (Lipinski definition) is 7. The standard InChI is InChI=1S/C31H43F3N4O5/c1-31(2,27-24(34)16-21(33)17-26(27)43-4)30(41)37-25(29(39)40)12-15-38(19-23(18-32)42-3)14-6-5-9-22-11-10-20-8-7-13-35-28(20)36-22/h10-11,16-17,23,25H,5-9,12-15,18-19H2,1-4H3,(H,35,36)(H,37,41)(H,39,40)/t23-,25+/m1/s1. The van der Waals surface area contributed by atoms with E-state index < -0.39 is 47.7 Å². The normalized spacial score (nSPS) is 14.5. The minimum Gasteiger partial charge on any atom is -0.496 e. The monoisotopic (exact) mass is 608 g/mol. The molecule has 0 saturated carbocycles. The molecule has 0 saturated heterocycles. The largest absolute Gasteiger partial charge is 0.496 e. The first-order valence-electron chi connectivity index (χ1n) is 14.6. The van der Waals surface area contributed by atoms with Gasteiger partial charge in [0, 0.05) is 50.1 Å². The van der Waals surface area contributed by atoms with Crippen LogP contribution >= 0.6 is 0 Å². The molecule has 1 amide bonds. The van der Waals surface area contributed by atoms with Gasteiger partial charge in [-0.05, 0) is 70.5 Å². The van der Waals surface area contributed by atoms with Gasteiger partial charge in [0.2, 0.25) is 5.91 Å². The number of pyridine rings is 1. The molecule has 2 atom stereocenters. The number of carbonyl (C=O) groups excluding carboxylic acids is 1. The zero-order valence-corrected chi connectivity index (χ0v) is 25.4. The first kappa shape index (κ1) is 34.1. The van der Waals surface area contributed by atoms with Crippen LogP contribution in [0.1, 0.15) is 56.4 Å². The molecule has 1 aromatic heterocycles. The molecule has 0 fully saturated rings. The first-order chi connectivity index (χ1) is 20.5. The number of alkyl halides is 1. The quantitative estimate of drug-likeness (QED) is 0.228. The Morgan fingerprint density at radius 3 is 2.63 bits per heavy atom. The van der Waals surface area contributed by atoms with Crippen molar-refractivity contribution in [3.8, 4) is 5.75 Å². The third-order valence-corrected chi connectivity index (χ3v) is 7.85. The average Bonchev–Trinajstić information content (AvgIpc) is 2.98. The average molecular weight is 609 g/mol. The predicted molar refractivity (Wildman–Crippen MR) is 157 cm³/mol. The number of benzene rings is 1. The Hall–Kier alpha value is -3.38. The fraction of sp³-hybridized carbons (Fsp3) is 0.581. The highest BCUT2D eigenvalue weighted by Gasteiger charge is 2.38. The number of nitrogens with one attached hydrogen (secondary N) is 2. The number of fused-ring (bicyclic) bond motifs is 1. The number of amides is 1. The highest BCUT2D eigenvalue weighted by Crippen LogP contribution is 2.35. The van der Waals surface area contributed by atoms with Gasteiger partial charge in [-0.1, -0.05) is 6.07 Å². The van der Waals surface area contributed by atoms with Crippen LogP contribution in [0.4, 0.5) is 19.0 Å². The van der Waals surface area contributed by atoms with E-state index in [1.165, 1.54) is 33.6 Å². The summed E-state index contributed by atoms with van der Waals surface area (Å²) in [6.45, 7) is 4.09. The van der Waals surface area contributed by atoms with Gasteiger partial charge in [-0.15, -0.1) is 0 Å². The van der Waals surface area contributed by atoms with Gasteiger partial charge in [-0.2, -0.15) is 0 Å². The summed E-state index contributed by atoms with van der Waals surface area (Å²) in [6.07, 6.45) is 3.80. The summed E-state index contributed by atoms with van der Waals surface area (Å²) in [7, 11) is 2.65. The Labute approximate surface area is 251 Å². The Bertz CT molecular complexity index is 1240. The van der Waals surface area contributed by atoms with Gasteiger partial charge < -0.3 is 30.1 Å². The number of aliphatic carboxylic acids is 1. The number of nitrogens with zero attached hydrogens (tertiary/aromatic N) is 2. The summed E-state index contributed by atoms with van der Waals surface area (Å²) >= 11 is 0. The highest BCUT2D eigenvalue weighted by atomic mass is 19.1. The van der Waals surface area contributed by atoms with E-state index in [1.54, 1.807) is 0 Å². The van der Waals surface area contributed by atoms with Gasteiger partial charge in [0.25, 0.3) is 0 Å². The van der Waals surface area contributed by atoms with Gasteiger partial charge in [0.1, 0.15) is 35.9 Å². The van der Waals surface area contributed by atoms with Crippen molar-refractivity contribution in [3.05, 3.63) is 52.7 Å². The number of carboxylic acids is 1. The number of methoxy groups -OCH3 is 2. The summed E-state index contributed by atoms with van der Waals surface area (Å²) in [4.78, 5) is 32.0. The Morgan fingerprint density at radius 2 is 1.95 bits per heavy atom. The summed E-state index contributed by atoms with van der Waals surface area (Å²) in [5, 5.41) is 15.7. The second kappa shape index (κ2) is 15.9. The molecule has 0 spiro atoms. The molecule has 0 radical (unpaired) electrons. The summed E-state index contributed by atoms with van der Waals surface area (Å²) < 4.78 is 52.3. The molecule has 0 unspecified atom stereocenters. The van der Waals surface area contributed by atoms with Gasteiger partial charge >= 0.3 is 5.97 Å². The number of anilines is 1. The molecular formula is C31H43F3N4O5. The third kappa shape index (κ3) is 9.30. The van der Waals surface area contributed by atoms with Crippen LogP contribution in [0, 0.1) is 11.6 Å². The molecule has 9 nitrogen and oxygen atoms in total. The van der Waals surface area contributed by atoms with Crippen LogP contribution in [-0.4, -0.2) is 86.1 Å². The number of halogens is 3. The van der Waals surface area contributed by atoms with Crippen molar-refractivity contribution >= 4 is 17.7 Å². The minimum absolute atomic E-state index is 0.0148. The fourth-order valence-electron chi connectivity index (χ4n) is 5.26. The Morgan fingerprint density at radius 1 is 1.19 bits per heavy atom. The zero-order chi connectivity index (χ0) is 31.6. The van der Waals surface area contributed by atoms with Gasteiger partial charge in [-0.3, -0.25) is 4.79 Å². The molecule has 1 aliphatic rings. The van der Waals surface area contributed by atoms with E-state index in [1.807, 2.05) is 11.0 Å². The lowest BCUT2D eigenvalue weighted by Crippen LogP contribution is -2.50. The maximum atomic E-state index is 14.8. The van der Waals surface area contributed by atoms with Crippen LogP contribution < -0.4 is 15.4 Å². The van der Waals surface area contributed by atoms with E-state index in [0.29, 0.717) is 12.6 Å². The molecule has 3 N–H and O–H groups in total. The van der Waals surface area contributed by atoms with Crippen LogP contribution in [0.2, 0.25) is 0 Å². The molecule has 1 aromatic carbocycles. The van der Waals surface area contributed by atoms with Crippen molar-refractivity contribution in [2.45, 2.75) is 69.9 Å². The number of rotatable bonds is 17. The van der Waals surface area contributed by atoms with Crippen molar-refractivity contribution in [3.63, 3.8) is 0 Å². The third-order valence-electron chi connectivity index (χ3n) is 7.85. The van der Waals surface area contributed by atoms with Gasteiger partial charge in [0.05, 0.1) is 18.6 Å². The van der Waals surface area contributed by atoms with E-state index in [9.17, 15) is 27.9 Å². The molecule has 0 bridgehead atoms. The first-order valence-corrected chi connectivity index (χ1v) is 14.6. The van der Waals surface area contributed by atoms with Crippen LogP contribution in [-0.2, 0) is 32.6 Å². The highest BCUT2D eigenvalue weighted by molar-refractivity contribution is 5.91. The summed E-state index contributed by atoms with van der Waals surface area (Å²) in [6, 6.07) is 4.47. The van der Waals surface area contributed by atoms with Crippen LogP contribution in [0.5, 0.6) is 5.75 Å². The van der Waals surface area contributed by atoms with Crippen molar-refractivity contribution in [1.29, 1.82) is 0 Å². The predicted octanol–water partition coefficient (Wildman–Crippen LogP) is 4.27. The molecule has 3 rings (SSSR count). The fourth-order valence-corrected chi connectivity index (χ4v) is 5.26. The van der Waals surface area contributed by atoms with Crippen molar-refractivity contribution < 1.29 is 37.3 Å². The second-order valence-electron chi connectivity index (χ2n) is 11.4. The van der Waals surface area contributed by atoms with E-state index >= 15 is 0 Å². The molecular weight excluding hydrogens is 565 g/mol. The molecule has 0 aliphatic carbocycles. The van der Waals surface area contributed by atoms with Crippen molar-refractivity contribution in [2.24, 2.45) is 0 Å². The molecule has 43 heavy (non-hydrogen) atoms. The zero-order valence-electron chi connectivity index (χ0n) is 25.4. The summed E-state index contributed by atoms with van der Waals surface area (Å²) in [5.74, 6) is -3.08. The lowest BCUT2D eigenvalue weighted by Gasteiger charge is -2.30. The number of hydrogen-bond donors (Lipinski definition) is 3.